The van der Waals surface area contributed by atoms with Crippen LogP contribution in [0.2, 0.25) is 0 Å². The largest absolute Gasteiger partial charge is 0.472 e. The molecule has 0 spiro atoms. The average Bonchev–Trinajstić information content (AvgIpc) is 0.919. The number of aliphatic hydroxyl groups excluding tert-OH is 1. The van der Waals surface area contributed by atoms with E-state index < -0.39 is 97.5 Å². The van der Waals surface area contributed by atoms with E-state index in [1.165, 1.54) is 193 Å². The number of phosphoric acid groups is 2. The summed E-state index contributed by atoms with van der Waals surface area (Å²) in [5.41, 5.74) is 0. The Morgan fingerprint density at radius 2 is 0.584 bits per heavy atom. The topological polar surface area (TPSA) is 237 Å². The monoisotopic (exact) mass is 1480 g/mol. The second-order valence-electron chi connectivity index (χ2n) is 29.8. The molecule has 101 heavy (non-hydrogen) atoms. The zero-order valence-corrected chi connectivity index (χ0v) is 67.6. The number of rotatable bonds is 78. The molecule has 0 aromatic rings. The van der Waals surface area contributed by atoms with Gasteiger partial charge in [-0.1, -0.05) is 349 Å². The Hall–Kier alpha value is -2.46. The first-order chi connectivity index (χ1) is 48.8. The van der Waals surface area contributed by atoms with Gasteiger partial charge in [-0.15, -0.1) is 0 Å². The van der Waals surface area contributed by atoms with Crippen molar-refractivity contribution in [1.82, 2.24) is 0 Å². The first-order valence-corrected chi connectivity index (χ1v) is 44.7. The van der Waals surface area contributed by atoms with Gasteiger partial charge in [0, 0.05) is 25.7 Å². The van der Waals surface area contributed by atoms with Crippen LogP contribution in [0.15, 0.2) is 24.3 Å². The van der Waals surface area contributed by atoms with Crippen LogP contribution < -0.4 is 0 Å². The lowest BCUT2D eigenvalue weighted by molar-refractivity contribution is -0.161. The first kappa shape index (κ1) is 98.5. The highest BCUT2D eigenvalue weighted by Crippen LogP contribution is 2.45. The van der Waals surface area contributed by atoms with Gasteiger partial charge < -0.3 is 33.8 Å². The Balaban J connectivity index is 5.28. The van der Waals surface area contributed by atoms with Crippen LogP contribution in [0.5, 0.6) is 0 Å². The highest BCUT2D eigenvalue weighted by molar-refractivity contribution is 7.47. The molecule has 0 rings (SSSR count). The minimum Gasteiger partial charge on any atom is -0.462 e. The van der Waals surface area contributed by atoms with Crippen LogP contribution >= 0.6 is 15.6 Å². The molecule has 596 valence electrons. The molecule has 0 aliphatic carbocycles. The zero-order chi connectivity index (χ0) is 74.4. The van der Waals surface area contributed by atoms with Crippen molar-refractivity contribution < 1.29 is 80.2 Å². The molecule has 0 amide bonds. The maximum Gasteiger partial charge on any atom is 0.472 e. The van der Waals surface area contributed by atoms with E-state index in [0.29, 0.717) is 25.7 Å². The lowest BCUT2D eigenvalue weighted by Crippen LogP contribution is -2.30. The predicted octanol–water partition coefficient (Wildman–Crippen LogP) is 24.1. The molecule has 0 bridgehead atoms. The molecule has 0 saturated carbocycles. The summed E-state index contributed by atoms with van der Waals surface area (Å²) in [5, 5.41) is 10.6. The molecular formula is C82H156O17P2. The van der Waals surface area contributed by atoms with E-state index in [1.807, 2.05) is 0 Å². The number of ether oxygens (including phenoxy) is 4. The van der Waals surface area contributed by atoms with E-state index in [9.17, 15) is 43.2 Å². The fourth-order valence-corrected chi connectivity index (χ4v) is 13.6. The molecule has 0 saturated heterocycles. The molecule has 0 radical (unpaired) electrons. The summed E-state index contributed by atoms with van der Waals surface area (Å²) in [7, 11) is -9.94. The number of unbranched alkanes of at least 4 members (excludes halogenated alkanes) is 41. The second kappa shape index (κ2) is 71.8. The molecule has 0 aromatic carbocycles. The maximum atomic E-state index is 13.1. The van der Waals surface area contributed by atoms with E-state index in [-0.39, 0.29) is 25.7 Å². The second-order valence-corrected chi connectivity index (χ2v) is 32.7. The standard InChI is InChI=1S/C82H156O17P2/c1-8-11-12-13-14-15-16-17-19-27-32-37-42-51-58-66-82(87)99-78(70-93-80(85)64-57-50-45-44-48-55-62-75(7)10-3)72-97-101(90,91)95-68-76(83)67-94-100(88,89)96-71-77(98-81(86)65-59-52-43-38-33-28-21-18-20-24-29-34-39-46-53-60-73(4)5)69-92-79(84)63-56-49-41-36-31-26-23-22-25-30-35-40-47-54-61-74(6)9-2/h15-17,19,73-78,83H,8-14,18,20-72H2,1-7H3,(H,88,89)(H,90,91)/b16-15-,19-17-/t74?,75?,76-,77-,78-/m1/s1. The Morgan fingerprint density at radius 3 is 0.881 bits per heavy atom. The van der Waals surface area contributed by atoms with E-state index in [4.69, 9.17) is 37.0 Å². The summed E-state index contributed by atoms with van der Waals surface area (Å²) < 4.78 is 68.7. The Kier molecular flexibility index (Phi) is 70.0. The maximum absolute atomic E-state index is 13.1. The Bertz CT molecular complexity index is 2060. The summed E-state index contributed by atoms with van der Waals surface area (Å²) in [6, 6.07) is 0. The fraction of sp³-hybridized carbons (Fsp3) is 0.902. The molecule has 4 unspecified atom stereocenters. The van der Waals surface area contributed by atoms with Gasteiger partial charge in [-0.3, -0.25) is 37.3 Å². The lowest BCUT2D eigenvalue weighted by Gasteiger charge is -2.21. The quantitative estimate of drug-likeness (QED) is 0.0169. The number of carbonyl (C=O) groups excluding carboxylic acids is 4. The van der Waals surface area contributed by atoms with Crippen molar-refractivity contribution in [1.29, 1.82) is 0 Å². The van der Waals surface area contributed by atoms with Gasteiger partial charge in [-0.2, -0.15) is 0 Å². The van der Waals surface area contributed by atoms with E-state index >= 15 is 0 Å². The third kappa shape index (κ3) is 72.9. The van der Waals surface area contributed by atoms with Crippen molar-refractivity contribution in [3.05, 3.63) is 24.3 Å². The highest BCUT2D eigenvalue weighted by Gasteiger charge is 2.30. The van der Waals surface area contributed by atoms with E-state index in [1.54, 1.807) is 0 Å². The number of hydrogen-bond donors (Lipinski definition) is 3. The molecule has 0 heterocycles. The summed E-state index contributed by atoms with van der Waals surface area (Å²) >= 11 is 0. The van der Waals surface area contributed by atoms with Gasteiger partial charge in [0.15, 0.2) is 12.2 Å². The first-order valence-electron chi connectivity index (χ1n) is 41.7. The summed E-state index contributed by atoms with van der Waals surface area (Å²) in [6.07, 6.45) is 63.2. The van der Waals surface area contributed by atoms with Crippen LogP contribution in [0, 0.1) is 17.8 Å². The third-order valence-corrected chi connectivity index (χ3v) is 21.1. The van der Waals surface area contributed by atoms with Crippen molar-refractivity contribution in [2.75, 3.05) is 39.6 Å². The molecule has 0 aromatic heterocycles. The SMILES string of the molecule is CCCCCC/C=C\C=C/CCCCCCCC(=O)O[C@H](COC(=O)CCCCCCCCC(C)CC)COP(=O)(O)OC[C@H](O)COP(=O)(O)OC[C@@H](COC(=O)CCCCCCCCCCCCCCCCC(C)CC)OC(=O)CCCCCCCCCCCCCCCCCC(C)C. The van der Waals surface area contributed by atoms with Crippen LogP contribution in [0.25, 0.3) is 0 Å². The van der Waals surface area contributed by atoms with Crippen molar-refractivity contribution in [2.45, 2.75) is 420 Å². The van der Waals surface area contributed by atoms with E-state index in [0.717, 1.165) is 127 Å². The van der Waals surface area contributed by atoms with Crippen molar-refractivity contribution in [3.63, 3.8) is 0 Å². The van der Waals surface area contributed by atoms with E-state index in [2.05, 4.69) is 72.8 Å². The number of aliphatic hydroxyl groups is 1. The molecule has 7 atom stereocenters. The van der Waals surface area contributed by atoms with Gasteiger partial charge in [0.25, 0.3) is 0 Å². The number of phosphoric ester groups is 2. The van der Waals surface area contributed by atoms with Crippen molar-refractivity contribution in [3.8, 4) is 0 Å². The van der Waals surface area contributed by atoms with Crippen molar-refractivity contribution in [2.24, 2.45) is 17.8 Å². The van der Waals surface area contributed by atoms with Gasteiger partial charge in [0.1, 0.15) is 19.3 Å². The van der Waals surface area contributed by atoms with Gasteiger partial charge in [-0.25, -0.2) is 9.13 Å². The van der Waals surface area contributed by atoms with Crippen LogP contribution in [-0.2, 0) is 65.4 Å². The number of hydrogen-bond acceptors (Lipinski definition) is 15. The Labute approximate surface area is 618 Å². The molecular weight excluding hydrogens is 1320 g/mol. The number of esters is 4. The predicted molar refractivity (Wildman–Crippen MR) is 414 cm³/mol. The van der Waals surface area contributed by atoms with Crippen molar-refractivity contribution >= 4 is 39.5 Å². The van der Waals surface area contributed by atoms with Crippen LogP contribution in [0.1, 0.15) is 402 Å². The van der Waals surface area contributed by atoms with Crippen LogP contribution in [-0.4, -0.2) is 96.7 Å². The molecule has 3 N–H and O–H groups in total. The zero-order valence-electron chi connectivity index (χ0n) is 65.9. The summed E-state index contributed by atoms with van der Waals surface area (Å²) in [6.45, 7) is 11.9. The van der Waals surface area contributed by atoms with Gasteiger partial charge >= 0.3 is 39.5 Å². The number of carbonyl (C=O) groups is 4. The van der Waals surface area contributed by atoms with Gasteiger partial charge in [0.05, 0.1) is 26.4 Å². The third-order valence-electron chi connectivity index (χ3n) is 19.2. The molecule has 0 aliphatic heterocycles. The summed E-state index contributed by atoms with van der Waals surface area (Å²) in [4.78, 5) is 73.0. The Morgan fingerprint density at radius 1 is 0.327 bits per heavy atom. The smallest absolute Gasteiger partial charge is 0.462 e. The molecule has 0 aliphatic rings. The van der Waals surface area contributed by atoms with Crippen LogP contribution in [0.4, 0.5) is 0 Å². The summed E-state index contributed by atoms with van der Waals surface area (Å²) in [5.74, 6) is 0.236. The number of allylic oxidation sites excluding steroid dienone is 4. The average molecular weight is 1480 g/mol. The minimum absolute atomic E-state index is 0.0841. The van der Waals surface area contributed by atoms with Crippen LogP contribution in [0.3, 0.4) is 0 Å². The lowest BCUT2D eigenvalue weighted by atomic mass is 9.99. The van der Waals surface area contributed by atoms with Gasteiger partial charge in [-0.05, 0) is 69.1 Å². The highest BCUT2D eigenvalue weighted by atomic mass is 31.2. The normalized spacial score (nSPS) is 14.6. The minimum atomic E-state index is -4.97. The molecule has 19 heteroatoms. The molecule has 0 fully saturated rings. The van der Waals surface area contributed by atoms with Gasteiger partial charge in [0.2, 0.25) is 0 Å². The fourth-order valence-electron chi connectivity index (χ4n) is 12.1. The molecule has 17 nitrogen and oxygen atoms in total.